The molecule has 0 aliphatic rings. The molecule has 0 saturated heterocycles. The number of amides is 1. The van der Waals surface area contributed by atoms with Gasteiger partial charge >= 0.3 is 0 Å². The second-order valence-corrected chi connectivity index (χ2v) is 3.18. The molecule has 1 rings (SSSR count). The van der Waals surface area contributed by atoms with Crippen molar-refractivity contribution in [2.75, 3.05) is 11.1 Å². The normalized spacial score (nSPS) is 11.5. The summed E-state index contributed by atoms with van der Waals surface area (Å²) in [5, 5.41) is 11.5. The predicted molar refractivity (Wildman–Crippen MR) is 57.8 cm³/mol. The van der Waals surface area contributed by atoms with Crippen LogP contribution >= 0.6 is 0 Å². The number of nitrogen functional groups attached to an aromatic ring is 1. The van der Waals surface area contributed by atoms with Crippen LogP contribution in [-0.2, 0) is 4.79 Å². The zero-order chi connectivity index (χ0) is 11.4. The second kappa shape index (κ2) is 4.33. The van der Waals surface area contributed by atoms with Crippen molar-refractivity contribution in [1.29, 1.82) is 5.26 Å². The minimum absolute atomic E-state index is 0.374. The largest absolute Gasteiger partial charge is 0.398 e. The van der Waals surface area contributed by atoms with Gasteiger partial charge in [-0.3, -0.25) is 4.79 Å². The maximum atomic E-state index is 10.8. The highest BCUT2D eigenvalue weighted by Crippen LogP contribution is 2.17. The van der Waals surface area contributed by atoms with Gasteiger partial charge in [0, 0.05) is 5.69 Å². The van der Waals surface area contributed by atoms with E-state index in [9.17, 15) is 4.79 Å². The summed E-state index contributed by atoms with van der Waals surface area (Å²) in [6, 6.07) is 6.34. The first kappa shape index (κ1) is 10.9. The fourth-order valence-corrected chi connectivity index (χ4v) is 1.08. The third-order valence-corrected chi connectivity index (χ3v) is 1.98. The van der Waals surface area contributed by atoms with Gasteiger partial charge in [0.15, 0.2) is 0 Å². The SMILES string of the molecule is CC(Nc1ccc(C#N)c(N)c1)C(N)=O. The lowest BCUT2D eigenvalue weighted by atomic mass is 10.1. The molecule has 0 radical (unpaired) electrons. The summed E-state index contributed by atoms with van der Waals surface area (Å²) in [5.74, 6) is -0.446. The van der Waals surface area contributed by atoms with Crippen LogP contribution < -0.4 is 16.8 Å². The third-order valence-electron chi connectivity index (χ3n) is 1.98. The maximum absolute atomic E-state index is 10.8. The van der Waals surface area contributed by atoms with Crippen molar-refractivity contribution in [2.24, 2.45) is 5.73 Å². The van der Waals surface area contributed by atoms with Gasteiger partial charge in [-0.05, 0) is 25.1 Å². The lowest BCUT2D eigenvalue weighted by Gasteiger charge is -2.12. The number of rotatable bonds is 3. The van der Waals surface area contributed by atoms with E-state index in [1.54, 1.807) is 25.1 Å². The molecule has 1 aromatic carbocycles. The predicted octanol–water partition coefficient (Wildman–Crippen LogP) is 0.426. The van der Waals surface area contributed by atoms with Crippen LogP contribution in [0.1, 0.15) is 12.5 Å². The lowest BCUT2D eigenvalue weighted by Crippen LogP contribution is -2.32. The molecule has 1 amide bonds. The fourth-order valence-electron chi connectivity index (χ4n) is 1.08. The Morgan fingerprint density at radius 2 is 2.27 bits per heavy atom. The summed E-state index contributed by atoms with van der Waals surface area (Å²) in [6.45, 7) is 1.65. The van der Waals surface area contributed by atoms with E-state index in [4.69, 9.17) is 16.7 Å². The Morgan fingerprint density at radius 1 is 1.60 bits per heavy atom. The van der Waals surface area contributed by atoms with Gasteiger partial charge < -0.3 is 16.8 Å². The Bertz CT molecular complexity index is 422. The molecule has 0 aliphatic carbocycles. The van der Waals surface area contributed by atoms with E-state index in [1.807, 2.05) is 6.07 Å². The van der Waals surface area contributed by atoms with Gasteiger partial charge in [-0.15, -0.1) is 0 Å². The molecule has 15 heavy (non-hydrogen) atoms. The van der Waals surface area contributed by atoms with Gasteiger partial charge in [0.25, 0.3) is 0 Å². The summed E-state index contributed by atoms with van der Waals surface area (Å²) >= 11 is 0. The molecule has 0 aliphatic heterocycles. The highest BCUT2D eigenvalue weighted by molar-refractivity contribution is 5.82. The molecule has 5 N–H and O–H groups in total. The molecule has 0 spiro atoms. The van der Waals surface area contributed by atoms with Gasteiger partial charge in [-0.2, -0.15) is 5.26 Å². The first-order valence-corrected chi connectivity index (χ1v) is 4.40. The number of carbonyl (C=O) groups excluding carboxylic acids is 1. The van der Waals surface area contributed by atoms with Crippen LogP contribution in [0.3, 0.4) is 0 Å². The zero-order valence-corrected chi connectivity index (χ0v) is 8.32. The molecule has 0 heterocycles. The van der Waals surface area contributed by atoms with Gasteiger partial charge in [0.2, 0.25) is 5.91 Å². The summed E-state index contributed by atoms with van der Waals surface area (Å²) in [7, 11) is 0. The van der Waals surface area contributed by atoms with E-state index in [0.717, 1.165) is 0 Å². The van der Waals surface area contributed by atoms with Crippen molar-refractivity contribution in [1.82, 2.24) is 0 Å². The number of hydrogen-bond donors (Lipinski definition) is 3. The highest BCUT2D eigenvalue weighted by Gasteiger charge is 2.08. The van der Waals surface area contributed by atoms with E-state index < -0.39 is 11.9 Å². The van der Waals surface area contributed by atoms with E-state index in [0.29, 0.717) is 16.9 Å². The number of carbonyl (C=O) groups is 1. The van der Waals surface area contributed by atoms with Crippen LogP contribution in [0.4, 0.5) is 11.4 Å². The summed E-state index contributed by atoms with van der Waals surface area (Å²) in [6.07, 6.45) is 0. The Kier molecular flexibility index (Phi) is 3.13. The van der Waals surface area contributed by atoms with Crippen LogP contribution in [0.15, 0.2) is 18.2 Å². The molecular weight excluding hydrogens is 192 g/mol. The Morgan fingerprint density at radius 3 is 2.73 bits per heavy atom. The second-order valence-electron chi connectivity index (χ2n) is 3.18. The quantitative estimate of drug-likeness (QED) is 0.620. The molecule has 1 atom stereocenters. The molecular formula is C10H12N4O. The molecule has 0 bridgehead atoms. The van der Waals surface area contributed by atoms with Crippen molar-refractivity contribution < 1.29 is 4.79 Å². The Labute approximate surface area is 87.7 Å². The summed E-state index contributed by atoms with van der Waals surface area (Å²) < 4.78 is 0. The number of nitrogens with two attached hydrogens (primary N) is 2. The molecule has 1 aromatic rings. The molecule has 1 unspecified atom stereocenters. The van der Waals surface area contributed by atoms with Gasteiger partial charge in [-0.25, -0.2) is 0 Å². The first-order valence-electron chi connectivity index (χ1n) is 4.40. The topological polar surface area (TPSA) is 105 Å². The molecule has 5 heteroatoms. The van der Waals surface area contributed by atoms with Gasteiger partial charge in [0.05, 0.1) is 11.3 Å². The molecule has 0 aromatic heterocycles. The van der Waals surface area contributed by atoms with Crippen molar-refractivity contribution in [3.8, 4) is 6.07 Å². The van der Waals surface area contributed by atoms with Crippen LogP contribution in [-0.4, -0.2) is 11.9 Å². The van der Waals surface area contributed by atoms with Crippen LogP contribution in [0.25, 0.3) is 0 Å². The van der Waals surface area contributed by atoms with Crippen molar-refractivity contribution in [3.63, 3.8) is 0 Å². The van der Waals surface area contributed by atoms with Crippen LogP contribution in [0.5, 0.6) is 0 Å². The Balaban J connectivity index is 2.85. The average molecular weight is 204 g/mol. The summed E-state index contributed by atoms with van der Waals surface area (Å²) in [4.78, 5) is 10.8. The number of nitrogens with one attached hydrogen (secondary N) is 1. The minimum Gasteiger partial charge on any atom is -0.398 e. The standard InChI is InChI=1S/C10H12N4O/c1-6(10(13)15)14-8-3-2-7(5-11)9(12)4-8/h2-4,6,14H,12H2,1H3,(H2,13,15). The molecule has 0 saturated carbocycles. The smallest absolute Gasteiger partial charge is 0.239 e. The number of primary amides is 1. The summed E-state index contributed by atoms with van der Waals surface area (Å²) in [5.41, 5.74) is 12.1. The number of nitriles is 1. The average Bonchev–Trinajstić information content (AvgIpc) is 2.18. The molecule has 78 valence electrons. The zero-order valence-electron chi connectivity index (χ0n) is 8.32. The van der Waals surface area contributed by atoms with Gasteiger partial charge in [0.1, 0.15) is 12.1 Å². The number of benzene rings is 1. The maximum Gasteiger partial charge on any atom is 0.239 e. The first-order chi connectivity index (χ1) is 7.04. The van der Waals surface area contributed by atoms with E-state index in [1.165, 1.54) is 0 Å². The van der Waals surface area contributed by atoms with Gasteiger partial charge in [-0.1, -0.05) is 0 Å². The van der Waals surface area contributed by atoms with Crippen molar-refractivity contribution in [3.05, 3.63) is 23.8 Å². The monoisotopic (exact) mass is 204 g/mol. The van der Waals surface area contributed by atoms with Crippen LogP contribution in [0.2, 0.25) is 0 Å². The number of hydrogen-bond acceptors (Lipinski definition) is 4. The number of anilines is 2. The van der Waals surface area contributed by atoms with Crippen molar-refractivity contribution >= 4 is 17.3 Å². The third kappa shape index (κ3) is 2.61. The van der Waals surface area contributed by atoms with E-state index >= 15 is 0 Å². The fraction of sp³-hybridized carbons (Fsp3) is 0.200. The van der Waals surface area contributed by atoms with E-state index in [2.05, 4.69) is 5.32 Å². The Hall–Kier alpha value is -2.22. The van der Waals surface area contributed by atoms with Crippen molar-refractivity contribution in [2.45, 2.75) is 13.0 Å². The highest BCUT2D eigenvalue weighted by atomic mass is 16.1. The minimum atomic E-state index is -0.475. The van der Waals surface area contributed by atoms with E-state index in [-0.39, 0.29) is 0 Å². The lowest BCUT2D eigenvalue weighted by molar-refractivity contribution is -0.118. The number of nitrogens with zero attached hydrogens (tertiary/aromatic N) is 1. The molecule has 5 nitrogen and oxygen atoms in total. The van der Waals surface area contributed by atoms with Crippen LogP contribution in [0, 0.1) is 11.3 Å². The molecule has 0 fully saturated rings.